The third-order valence-corrected chi connectivity index (χ3v) is 3.29. The fourth-order valence-electron chi connectivity index (χ4n) is 2.29. The third kappa shape index (κ3) is 1.80. The average Bonchev–Trinajstić information content (AvgIpc) is 2.74. The molecule has 0 atom stereocenters. The first kappa shape index (κ1) is 12.2. The van der Waals surface area contributed by atoms with Gasteiger partial charge in [-0.25, -0.2) is 9.59 Å². The van der Waals surface area contributed by atoms with Crippen molar-refractivity contribution in [2.45, 2.75) is 6.92 Å². The molecule has 1 aromatic heterocycles. The molecule has 100 valence electrons. The van der Waals surface area contributed by atoms with Crippen LogP contribution in [0.4, 0.5) is 0 Å². The zero-order valence-electron chi connectivity index (χ0n) is 10.8. The van der Waals surface area contributed by atoms with Gasteiger partial charge in [0.2, 0.25) is 0 Å². The Balaban J connectivity index is 2.38. The summed E-state index contributed by atoms with van der Waals surface area (Å²) in [7, 11) is 0. The zero-order valence-corrected chi connectivity index (χ0v) is 10.8. The number of hydrogen-bond donors (Lipinski definition) is 2. The maximum Gasteiger partial charge on any atom is 0.335 e. The molecule has 5 nitrogen and oxygen atoms in total. The number of H-pyrrole nitrogens is 1. The largest absolute Gasteiger partial charge is 0.478 e. The molecule has 0 aliphatic rings. The summed E-state index contributed by atoms with van der Waals surface area (Å²) in [6, 6.07) is 12.1. The quantitative estimate of drug-likeness (QED) is 0.749. The van der Waals surface area contributed by atoms with Gasteiger partial charge in [0.1, 0.15) is 0 Å². The number of hydrogen-bond acceptors (Lipinski definition) is 2. The van der Waals surface area contributed by atoms with Crippen LogP contribution in [0.15, 0.2) is 47.3 Å². The Kier molecular flexibility index (Phi) is 2.68. The summed E-state index contributed by atoms with van der Waals surface area (Å²) in [5, 5.41) is 9.07. The minimum atomic E-state index is -1.02. The Morgan fingerprint density at radius 1 is 1.20 bits per heavy atom. The fourth-order valence-corrected chi connectivity index (χ4v) is 2.29. The van der Waals surface area contributed by atoms with Crippen molar-refractivity contribution in [1.82, 2.24) is 9.55 Å². The highest BCUT2D eigenvalue weighted by Crippen LogP contribution is 2.19. The van der Waals surface area contributed by atoms with Crippen LogP contribution in [0.5, 0.6) is 0 Å². The van der Waals surface area contributed by atoms with Gasteiger partial charge in [-0.1, -0.05) is 18.2 Å². The summed E-state index contributed by atoms with van der Waals surface area (Å²) >= 11 is 0. The number of aromatic nitrogens is 2. The van der Waals surface area contributed by atoms with E-state index in [0.29, 0.717) is 11.0 Å². The van der Waals surface area contributed by atoms with Crippen molar-refractivity contribution in [2.24, 2.45) is 0 Å². The molecule has 2 N–H and O–H groups in total. The van der Waals surface area contributed by atoms with Crippen LogP contribution in [0.1, 0.15) is 15.9 Å². The lowest BCUT2D eigenvalue weighted by Crippen LogP contribution is -2.15. The van der Waals surface area contributed by atoms with Crippen LogP contribution in [0.25, 0.3) is 16.7 Å². The van der Waals surface area contributed by atoms with E-state index in [1.54, 1.807) is 6.07 Å². The molecule has 0 amide bonds. The normalized spacial score (nSPS) is 10.8. The van der Waals surface area contributed by atoms with Gasteiger partial charge >= 0.3 is 11.7 Å². The summed E-state index contributed by atoms with van der Waals surface area (Å²) in [5.74, 6) is -1.02. The number of nitrogens with zero attached hydrogens (tertiary/aromatic N) is 1. The summed E-state index contributed by atoms with van der Waals surface area (Å²) in [6.45, 7) is 1.90. The van der Waals surface area contributed by atoms with Gasteiger partial charge < -0.3 is 10.1 Å². The van der Waals surface area contributed by atoms with Crippen LogP contribution < -0.4 is 5.69 Å². The van der Waals surface area contributed by atoms with Crippen LogP contribution in [-0.2, 0) is 0 Å². The molecule has 1 heterocycles. The highest BCUT2D eigenvalue weighted by atomic mass is 16.4. The number of para-hydroxylation sites is 1. The van der Waals surface area contributed by atoms with Gasteiger partial charge in [0.25, 0.3) is 0 Å². The number of aromatic carboxylic acids is 1. The number of benzene rings is 2. The number of carboxylic acids is 1. The Labute approximate surface area is 114 Å². The third-order valence-electron chi connectivity index (χ3n) is 3.29. The first-order valence-electron chi connectivity index (χ1n) is 6.12. The van der Waals surface area contributed by atoms with E-state index in [9.17, 15) is 9.59 Å². The fraction of sp³-hybridized carbons (Fsp3) is 0.0667. The van der Waals surface area contributed by atoms with Crippen LogP contribution in [-0.4, -0.2) is 20.6 Å². The molecule has 0 radical (unpaired) electrons. The van der Waals surface area contributed by atoms with Crippen molar-refractivity contribution >= 4 is 17.0 Å². The number of fused-ring (bicyclic) bond motifs is 1. The summed E-state index contributed by atoms with van der Waals surface area (Å²) in [4.78, 5) is 25.9. The van der Waals surface area contributed by atoms with Crippen molar-refractivity contribution in [2.75, 3.05) is 0 Å². The van der Waals surface area contributed by atoms with Crippen molar-refractivity contribution in [3.63, 3.8) is 0 Å². The SMILES string of the molecule is Cc1ccccc1-n1c(=O)[nH]c2ccc(C(=O)O)cc21. The lowest BCUT2D eigenvalue weighted by Gasteiger charge is -2.07. The Morgan fingerprint density at radius 3 is 2.65 bits per heavy atom. The summed E-state index contributed by atoms with van der Waals surface area (Å²) < 4.78 is 1.50. The van der Waals surface area contributed by atoms with Crippen molar-refractivity contribution in [1.29, 1.82) is 0 Å². The molecule has 0 bridgehead atoms. The predicted octanol–water partition coefficient (Wildman–Crippen LogP) is 2.33. The number of imidazole rings is 1. The van der Waals surface area contributed by atoms with E-state index in [1.807, 2.05) is 31.2 Å². The van der Waals surface area contributed by atoms with E-state index in [0.717, 1.165) is 11.3 Å². The Morgan fingerprint density at radius 2 is 1.95 bits per heavy atom. The van der Waals surface area contributed by atoms with Gasteiger partial charge in [0, 0.05) is 0 Å². The molecular weight excluding hydrogens is 256 g/mol. The number of aromatic amines is 1. The van der Waals surface area contributed by atoms with Crippen LogP contribution in [0.3, 0.4) is 0 Å². The van der Waals surface area contributed by atoms with Gasteiger partial charge in [-0.3, -0.25) is 4.57 Å². The molecule has 3 rings (SSSR count). The summed E-state index contributed by atoms with van der Waals surface area (Å²) in [6.07, 6.45) is 0. The van der Waals surface area contributed by atoms with E-state index in [-0.39, 0.29) is 11.3 Å². The lowest BCUT2D eigenvalue weighted by atomic mass is 10.1. The predicted molar refractivity (Wildman–Crippen MR) is 75.6 cm³/mol. The molecule has 0 fully saturated rings. The van der Waals surface area contributed by atoms with Crippen LogP contribution >= 0.6 is 0 Å². The van der Waals surface area contributed by atoms with Crippen LogP contribution in [0, 0.1) is 6.92 Å². The molecular formula is C15H12N2O3. The van der Waals surface area contributed by atoms with Crippen molar-refractivity contribution in [3.05, 3.63) is 64.1 Å². The highest BCUT2D eigenvalue weighted by molar-refractivity contribution is 5.92. The van der Waals surface area contributed by atoms with E-state index < -0.39 is 5.97 Å². The maximum absolute atomic E-state index is 12.1. The second kappa shape index (κ2) is 4.38. The number of carbonyl (C=O) groups is 1. The molecule has 0 saturated carbocycles. The van der Waals surface area contributed by atoms with Gasteiger partial charge in [-0.05, 0) is 36.8 Å². The number of aryl methyl sites for hydroxylation is 1. The van der Waals surface area contributed by atoms with Gasteiger partial charge in [-0.15, -0.1) is 0 Å². The second-order valence-electron chi connectivity index (χ2n) is 4.59. The molecule has 0 unspecified atom stereocenters. The molecule has 5 heteroatoms. The molecule has 2 aromatic carbocycles. The smallest absolute Gasteiger partial charge is 0.335 e. The molecule has 0 saturated heterocycles. The second-order valence-corrected chi connectivity index (χ2v) is 4.59. The van der Waals surface area contributed by atoms with E-state index >= 15 is 0 Å². The van der Waals surface area contributed by atoms with Gasteiger partial charge in [0.15, 0.2) is 0 Å². The van der Waals surface area contributed by atoms with E-state index in [4.69, 9.17) is 5.11 Å². The minimum Gasteiger partial charge on any atom is -0.478 e. The highest BCUT2D eigenvalue weighted by Gasteiger charge is 2.12. The maximum atomic E-state index is 12.1. The van der Waals surface area contributed by atoms with Gasteiger partial charge in [-0.2, -0.15) is 0 Å². The molecule has 0 aliphatic heterocycles. The number of nitrogens with one attached hydrogen (secondary N) is 1. The summed E-state index contributed by atoms with van der Waals surface area (Å²) in [5.41, 5.74) is 2.73. The standard InChI is InChI=1S/C15H12N2O3/c1-9-4-2-3-5-12(9)17-13-8-10(14(18)19)6-7-11(13)16-15(17)20/h2-8H,1H3,(H,16,20)(H,18,19). The topological polar surface area (TPSA) is 75.1 Å². The first-order valence-corrected chi connectivity index (χ1v) is 6.12. The van der Waals surface area contributed by atoms with Crippen LogP contribution in [0.2, 0.25) is 0 Å². The van der Waals surface area contributed by atoms with E-state index in [1.165, 1.54) is 16.7 Å². The minimum absolute atomic E-state index is 0.152. The van der Waals surface area contributed by atoms with Gasteiger partial charge in [0.05, 0.1) is 22.3 Å². The Hall–Kier alpha value is -2.82. The molecule has 0 aliphatic carbocycles. The molecule has 20 heavy (non-hydrogen) atoms. The zero-order chi connectivity index (χ0) is 14.3. The number of carboxylic acid groups (broad SMARTS) is 1. The Bertz CT molecular complexity index is 874. The number of rotatable bonds is 2. The van der Waals surface area contributed by atoms with E-state index in [2.05, 4.69) is 4.98 Å². The monoisotopic (exact) mass is 268 g/mol. The lowest BCUT2D eigenvalue weighted by molar-refractivity contribution is 0.0697. The molecule has 3 aromatic rings. The first-order chi connectivity index (χ1) is 9.58. The van der Waals surface area contributed by atoms with Crippen molar-refractivity contribution < 1.29 is 9.90 Å². The molecule has 0 spiro atoms. The average molecular weight is 268 g/mol. The van der Waals surface area contributed by atoms with Crippen molar-refractivity contribution in [3.8, 4) is 5.69 Å².